The zero-order chi connectivity index (χ0) is 21.3. The summed E-state index contributed by atoms with van der Waals surface area (Å²) in [5.74, 6) is 0.0412. The number of halogens is 1. The molecule has 0 bridgehead atoms. The molecule has 8 heteroatoms. The van der Waals surface area contributed by atoms with Crippen molar-refractivity contribution in [2.24, 2.45) is 0 Å². The maximum Gasteiger partial charge on any atom is 0.259 e. The van der Waals surface area contributed by atoms with Gasteiger partial charge in [-0.2, -0.15) is 0 Å². The highest BCUT2D eigenvalue weighted by Gasteiger charge is 2.16. The first-order valence-electron chi connectivity index (χ1n) is 9.87. The van der Waals surface area contributed by atoms with Crippen LogP contribution in [0.25, 0.3) is 10.9 Å². The molecule has 1 amide bonds. The van der Waals surface area contributed by atoms with Crippen molar-refractivity contribution in [3.05, 3.63) is 64.7 Å². The summed E-state index contributed by atoms with van der Waals surface area (Å²) in [6.45, 7) is 0. The van der Waals surface area contributed by atoms with Gasteiger partial charge in [0, 0.05) is 6.04 Å². The SMILES string of the molecule is O=C(CSc1nc2ccccc2c(=O)[nH]1)NC1CCCCC1.Oc1ccc(F)cc1. The highest BCUT2D eigenvalue weighted by molar-refractivity contribution is 7.99. The standard InChI is InChI=1S/C16H19N3O2S.C6H5FO/c20-14(17-11-6-2-1-3-7-11)10-22-16-18-13-9-5-4-8-12(13)15(21)19-16;7-5-1-3-6(8)4-2-5/h4-5,8-9,11H,1-3,6-7,10H2,(H,17,20)(H,18,19,21);1-4,8H. The van der Waals surface area contributed by atoms with E-state index in [1.165, 1.54) is 55.3 Å². The number of hydrogen-bond donors (Lipinski definition) is 3. The summed E-state index contributed by atoms with van der Waals surface area (Å²) < 4.78 is 12.0. The second-order valence-corrected chi connectivity index (χ2v) is 8.02. The number of phenolic OH excluding ortho intramolecular Hbond substituents is 1. The molecular formula is C22H24FN3O3S. The number of para-hydroxylation sites is 1. The number of thioether (sulfide) groups is 1. The molecule has 1 heterocycles. The molecule has 3 aromatic rings. The molecule has 0 atom stereocenters. The van der Waals surface area contributed by atoms with Crippen molar-refractivity contribution in [2.75, 3.05) is 5.75 Å². The molecule has 0 aliphatic heterocycles. The van der Waals surface area contributed by atoms with Gasteiger partial charge >= 0.3 is 0 Å². The molecule has 1 aliphatic carbocycles. The van der Waals surface area contributed by atoms with Crippen molar-refractivity contribution >= 4 is 28.6 Å². The summed E-state index contributed by atoms with van der Waals surface area (Å²) in [4.78, 5) is 31.0. The Labute approximate surface area is 177 Å². The van der Waals surface area contributed by atoms with Gasteiger partial charge in [0.05, 0.1) is 16.7 Å². The molecule has 1 fully saturated rings. The van der Waals surface area contributed by atoms with Crippen LogP contribution in [0.1, 0.15) is 32.1 Å². The summed E-state index contributed by atoms with van der Waals surface area (Å²) in [5, 5.41) is 12.7. The predicted molar refractivity (Wildman–Crippen MR) is 116 cm³/mol. The smallest absolute Gasteiger partial charge is 0.259 e. The van der Waals surface area contributed by atoms with E-state index in [0.29, 0.717) is 22.1 Å². The van der Waals surface area contributed by atoms with Gasteiger partial charge < -0.3 is 15.4 Å². The van der Waals surface area contributed by atoms with Crippen LogP contribution in [-0.2, 0) is 4.79 Å². The molecule has 3 N–H and O–H groups in total. The molecule has 0 radical (unpaired) electrons. The number of carbonyl (C=O) groups is 1. The predicted octanol–water partition coefficient (Wildman–Crippen LogP) is 4.00. The number of aromatic nitrogens is 2. The monoisotopic (exact) mass is 429 g/mol. The Hall–Kier alpha value is -2.87. The zero-order valence-corrected chi connectivity index (χ0v) is 17.3. The lowest BCUT2D eigenvalue weighted by atomic mass is 9.95. The zero-order valence-electron chi connectivity index (χ0n) is 16.4. The van der Waals surface area contributed by atoms with Gasteiger partial charge in [0.2, 0.25) is 5.91 Å². The van der Waals surface area contributed by atoms with Crippen molar-refractivity contribution in [3.63, 3.8) is 0 Å². The Balaban J connectivity index is 0.000000269. The normalized spacial score (nSPS) is 14.0. The van der Waals surface area contributed by atoms with E-state index in [1.807, 2.05) is 12.1 Å². The van der Waals surface area contributed by atoms with Gasteiger partial charge in [-0.3, -0.25) is 9.59 Å². The van der Waals surface area contributed by atoms with Crippen LogP contribution in [0.5, 0.6) is 5.75 Å². The van der Waals surface area contributed by atoms with E-state index >= 15 is 0 Å². The number of nitrogens with one attached hydrogen (secondary N) is 2. The number of amides is 1. The first-order valence-corrected chi connectivity index (χ1v) is 10.9. The number of aromatic amines is 1. The van der Waals surface area contributed by atoms with Gasteiger partial charge in [-0.15, -0.1) is 0 Å². The lowest BCUT2D eigenvalue weighted by molar-refractivity contribution is -0.119. The number of benzene rings is 2. The largest absolute Gasteiger partial charge is 0.508 e. The number of rotatable bonds is 4. The minimum Gasteiger partial charge on any atom is -0.508 e. The Morgan fingerprint density at radius 2 is 1.83 bits per heavy atom. The van der Waals surface area contributed by atoms with Gasteiger partial charge in [0.1, 0.15) is 11.6 Å². The first kappa shape index (κ1) is 21.8. The van der Waals surface area contributed by atoms with Crippen LogP contribution in [0.3, 0.4) is 0 Å². The average molecular weight is 430 g/mol. The fourth-order valence-electron chi connectivity index (χ4n) is 3.22. The molecule has 0 unspecified atom stereocenters. The number of nitrogens with zero attached hydrogens (tertiary/aromatic N) is 1. The third-order valence-corrected chi connectivity index (χ3v) is 5.60. The van der Waals surface area contributed by atoms with E-state index in [4.69, 9.17) is 5.11 Å². The minimum absolute atomic E-state index is 0.00714. The maximum absolute atomic E-state index is 12.0. The Bertz CT molecular complexity index is 1010. The van der Waals surface area contributed by atoms with Crippen molar-refractivity contribution in [2.45, 2.75) is 43.3 Å². The average Bonchev–Trinajstić information content (AvgIpc) is 2.76. The molecule has 0 saturated heterocycles. The lowest BCUT2D eigenvalue weighted by Crippen LogP contribution is -2.37. The van der Waals surface area contributed by atoms with E-state index in [1.54, 1.807) is 12.1 Å². The highest BCUT2D eigenvalue weighted by Crippen LogP contribution is 2.18. The molecule has 1 aliphatic rings. The van der Waals surface area contributed by atoms with Gasteiger partial charge in [0.25, 0.3) is 5.56 Å². The van der Waals surface area contributed by atoms with Crippen molar-refractivity contribution < 1.29 is 14.3 Å². The van der Waals surface area contributed by atoms with Crippen molar-refractivity contribution in [1.82, 2.24) is 15.3 Å². The van der Waals surface area contributed by atoms with Crippen LogP contribution in [-0.4, -0.2) is 32.8 Å². The quantitative estimate of drug-likeness (QED) is 0.431. The number of aromatic hydroxyl groups is 1. The molecular weight excluding hydrogens is 405 g/mol. The maximum atomic E-state index is 12.0. The van der Waals surface area contributed by atoms with Crippen LogP contribution >= 0.6 is 11.8 Å². The fraction of sp³-hybridized carbons (Fsp3) is 0.318. The van der Waals surface area contributed by atoms with Crippen LogP contribution in [0.4, 0.5) is 4.39 Å². The van der Waals surface area contributed by atoms with Crippen molar-refractivity contribution in [1.29, 1.82) is 0 Å². The van der Waals surface area contributed by atoms with Crippen LogP contribution < -0.4 is 10.9 Å². The summed E-state index contributed by atoms with van der Waals surface area (Å²) in [7, 11) is 0. The summed E-state index contributed by atoms with van der Waals surface area (Å²) in [6.07, 6.45) is 5.79. The fourth-order valence-corrected chi connectivity index (χ4v) is 3.90. The molecule has 4 rings (SSSR count). The number of phenols is 1. The van der Waals surface area contributed by atoms with Crippen LogP contribution in [0, 0.1) is 5.82 Å². The molecule has 1 saturated carbocycles. The Kier molecular flexibility index (Phi) is 7.84. The van der Waals surface area contributed by atoms with E-state index in [0.717, 1.165) is 12.8 Å². The third kappa shape index (κ3) is 6.59. The topological polar surface area (TPSA) is 95.1 Å². The Morgan fingerprint density at radius 1 is 1.13 bits per heavy atom. The molecule has 30 heavy (non-hydrogen) atoms. The molecule has 6 nitrogen and oxygen atoms in total. The van der Waals surface area contributed by atoms with Gasteiger partial charge in [-0.1, -0.05) is 43.2 Å². The second-order valence-electron chi connectivity index (χ2n) is 7.06. The number of carbonyl (C=O) groups excluding carboxylic acids is 1. The number of H-pyrrole nitrogens is 1. The summed E-state index contributed by atoms with van der Waals surface area (Å²) in [6, 6.07) is 12.5. The lowest BCUT2D eigenvalue weighted by Gasteiger charge is -2.22. The third-order valence-electron chi connectivity index (χ3n) is 4.73. The summed E-state index contributed by atoms with van der Waals surface area (Å²) in [5.41, 5.74) is 0.488. The van der Waals surface area contributed by atoms with Gasteiger partial charge in [0.15, 0.2) is 5.16 Å². The van der Waals surface area contributed by atoms with Gasteiger partial charge in [-0.25, -0.2) is 9.37 Å². The minimum atomic E-state index is -0.331. The van der Waals surface area contributed by atoms with Crippen LogP contribution in [0.15, 0.2) is 58.5 Å². The van der Waals surface area contributed by atoms with E-state index in [-0.39, 0.29) is 28.8 Å². The summed E-state index contributed by atoms with van der Waals surface area (Å²) >= 11 is 1.27. The number of hydrogen-bond acceptors (Lipinski definition) is 5. The van der Waals surface area contributed by atoms with E-state index in [2.05, 4.69) is 15.3 Å². The first-order chi connectivity index (χ1) is 14.5. The van der Waals surface area contributed by atoms with E-state index < -0.39 is 0 Å². The molecule has 158 valence electrons. The van der Waals surface area contributed by atoms with Crippen molar-refractivity contribution in [3.8, 4) is 5.75 Å². The van der Waals surface area contributed by atoms with Gasteiger partial charge in [-0.05, 0) is 49.2 Å². The molecule has 2 aromatic carbocycles. The molecule has 1 aromatic heterocycles. The van der Waals surface area contributed by atoms with Crippen LogP contribution in [0.2, 0.25) is 0 Å². The second kappa shape index (κ2) is 10.8. The molecule has 0 spiro atoms. The van der Waals surface area contributed by atoms with E-state index in [9.17, 15) is 14.0 Å². The Morgan fingerprint density at radius 3 is 2.53 bits per heavy atom. The number of fused-ring (bicyclic) bond motifs is 1. The highest BCUT2D eigenvalue weighted by atomic mass is 32.2.